The van der Waals surface area contributed by atoms with E-state index in [0.29, 0.717) is 42.2 Å². The van der Waals surface area contributed by atoms with Crippen LogP contribution < -0.4 is 10.7 Å². The minimum absolute atomic E-state index is 0.113. The zero-order valence-corrected chi connectivity index (χ0v) is 23.0. The first-order chi connectivity index (χ1) is 18.5. The van der Waals surface area contributed by atoms with Gasteiger partial charge in [0, 0.05) is 19.5 Å². The highest BCUT2D eigenvalue weighted by Gasteiger charge is 2.28. The first-order valence-corrected chi connectivity index (χ1v) is 14.1. The van der Waals surface area contributed by atoms with E-state index in [4.69, 9.17) is 11.6 Å². The molecule has 1 heterocycles. The molecule has 3 amide bonds. The third-order valence-corrected chi connectivity index (χ3v) is 7.16. The third-order valence-electron chi connectivity index (χ3n) is 6.83. The van der Waals surface area contributed by atoms with Gasteiger partial charge in [0.15, 0.2) is 0 Å². The van der Waals surface area contributed by atoms with E-state index in [1.807, 2.05) is 35.2 Å². The summed E-state index contributed by atoms with van der Waals surface area (Å²) in [5.41, 5.74) is 4.37. The Balaban J connectivity index is 1.56. The molecule has 2 aromatic rings. The van der Waals surface area contributed by atoms with Crippen molar-refractivity contribution in [2.75, 3.05) is 19.6 Å². The van der Waals surface area contributed by atoms with Crippen molar-refractivity contribution in [3.63, 3.8) is 0 Å². The molecule has 1 saturated heterocycles. The van der Waals surface area contributed by atoms with Gasteiger partial charge in [-0.25, -0.2) is 5.43 Å². The Morgan fingerprint density at radius 1 is 0.974 bits per heavy atom. The number of nitrogens with zero attached hydrogens (tertiary/aromatic N) is 2. The van der Waals surface area contributed by atoms with Crippen LogP contribution in [0, 0.1) is 5.92 Å². The molecule has 0 aromatic heterocycles. The van der Waals surface area contributed by atoms with Crippen LogP contribution in [0.4, 0.5) is 0 Å². The number of hydrogen-bond acceptors (Lipinski definition) is 4. The number of unbranched alkanes of at least 4 members (excludes halogenated alkanes) is 5. The number of halogens is 1. The van der Waals surface area contributed by atoms with Crippen molar-refractivity contribution >= 4 is 35.0 Å². The predicted molar refractivity (Wildman–Crippen MR) is 152 cm³/mol. The van der Waals surface area contributed by atoms with Crippen molar-refractivity contribution in [3.8, 4) is 0 Å². The van der Waals surface area contributed by atoms with Crippen molar-refractivity contribution in [1.82, 2.24) is 15.6 Å². The average Bonchev–Trinajstić information content (AvgIpc) is 2.95. The van der Waals surface area contributed by atoms with Crippen LogP contribution in [0.25, 0.3) is 0 Å². The lowest BCUT2D eigenvalue weighted by molar-refractivity contribution is -0.135. The zero-order valence-electron chi connectivity index (χ0n) is 22.3. The lowest BCUT2D eigenvalue weighted by Crippen LogP contribution is -2.45. The molecule has 1 aliphatic rings. The second-order valence-corrected chi connectivity index (χ2v) is 10.2. The van der Waals surface area contributed by atoms with E-state index in [1.54, 1.807) is 24.3 Å². The lowest BCUT2D eigenvalue weighted by Gasteiger charge is -2.31. The van der Waals surface area contributed by atoms with Crippen LogP contribution in [0.1, 0.15) is 80.6 Å². The summed E-state index contributed by atoms with van der Waals surface area (Å²) in [6.45, 7) is 3.42. The molecule has 2 aromatic carbocycles. The van der Waals surface area contributed by atoms with Crippen molar-refractivity contribution < 1.29 is 14.4 Å². The van der Waals surface area contributed by atoms with Gasteiger partial charge in [-0.2, -0.15) is 5.10 Å². The first kappa shape index (κ1) is 29.4. The summed E-state index contributed by atoms with van der Waals surface area (Å²) in [6, 6.07) is 16.2. The van der Waals surface area contributed by atoms with Gasteiger partial charge in [0.05, 0.1) is 28.8 Å². The SMILES string of the molecule is CCCCCCCCC(=O)N1CCCC(C(=O)N/N=C(/CNC(=O)c2ccccc2Cl)c2ccccc2)C1. The van der Waals surface area contributed by atoms with Crippen LogP contribution in [0.15, 0.2) is 59.7 Å². The first-order valence-electron chi connectivity index (χ1n) is 13.7. The maximum atomic E-state index is 13.0. The van der Waals surface area contributed by atoms with Gasteiger partial charge in [-0.3, -0.25) is 14.4 Å². The number of hydrazone groups is 1. The maximum Gasteiger partial charge on any atom is 0.253 e. The fraction of sp³-hybridized carbons (Fsp3) is 0.467. The van der Waals surface area contributed by atoms with Crippen LogP contribution >= 0.6 is 11.6 Å². The molecule has 0 bridgehead atoms. The van der Waals surface area contributed by atoms with E-state index < -0.39 is 0 Å². The van der Waals surface area contributed by atoms with Gasteiger partial charge >= 0.3 is 0 Å². The Kier molecular flexibility index (Phi) is 12.3. The Labute approximate surface area is 231 Å². The zero-order chi connectivity index (χ0) is 27.2. The predicted octanol–water partition coefficient (Wildman–Crippen LogP) is 5.58. The summed E-state index contributed by atoms with van der Waals surface area (Å²) in [6.07, 6.45) is 8.90. The Morgan fingerprint density at radius 3 is 2.45 bits per heavy atom. The molecule has 0 saturated carbocycles. The number of nitrogens with one attached hydrogen (secondary N) is 2. The number of carbonyl (C=O) groups excluding carboxylic acids is 3. The highest BCUT2D eigenvalue weighted by atomic mass is 35.5. The molecule has 8 heteroatoms. The quantitative estimate of drug-likeness (QED) is 0.198. The number of piperidine rings is 1. The number of rotatable bonds is 13. The second kappa shape index (κ2) is 15.9. The van der Waals surface area contributed by atoms with Crippen molar-refractivity contribution in [3.05, 3.63) is 70.7 Å². The van der Waals surface area contributed by atoms with Gasteiger partial charge in [-0.15, -0.1) is 0 Å². The topological polar surface area (TPSA) is 90.9 Å². The summed E-state index contributed by atoms with van der Waals surface area (Å²) < 4.78 is 0. The fourth-order valence-corrected chi connectivity index (χ4v) is 4.81. The van der Waals surface area contributed by atoms with Crippen LogP contribution in [0.5, 0.6) is 0 Å². The van der Waals surface area contributed by atoms with Crippen molar-refractivity contribution in [2.45, 2.75) is 64.7 Å². The van der Waals surface area contributed by atoms with Gasteiger partial charge in [0.25, 0.3) is 5.91 Å². The molecule has 7 nitrogen and oxygen atoms in total. The van der Waals surface area contributed by atoms with Gasteiger partial charge in [0.1, 0.15) is 0 Å². The molecule has 1 unspecified atom stereocenters. The molecule has 1 fully saturated rings. The molecule has 3 rings (SSSR count). The Bertz CT molecular complexity index is 1090. The van der Waals surface area contributed by atoms with Gasteiger partial charge in [-0.1, -0.05) is 93.1 Å². The van der Waals surface area contributed by atoms with E-state index >= 15 is 0 Å². The number of carbonyl (C=O) groups is 3. The summed E-state index contributed by atoms with van der Waals surface area (Å²) in [7, 11) is 0. The lowest BCUT2D eigenvalue weighted by atomic mass is 9.97. The van der Waals surface area contributed by atoms with Gasteiger partial charge in [0.2, 0.25) is 11.8 Å². The van der Waals surface area contributed by atoms with Crippen LogP contribution in [-0.2, 0) is 9.59 Å². The molecular weight excluding hydrogens is 500 g/mol. The normalized spacial score (nSPS) is 15.7. The van der Waals surface area contributed by atoms with Crippen molar-refractivity contribution in [2.24, 2.45) is 11.0 Å². The number of benzene rings is 2. The second-order valence-electron chi connectivity index (χ2n) is 9.76. The minimum Gasteiger partial charge on any atom is -0.346 e. The van der Waals surface area contributed by atoms with Crippen molar-refractivity contribution in [1.29, 1.82) is 0 Å². The van der Waals surface area contributed by atoms with Crippen LogP contribution in [-0.4, -0.2) is 48.0 Å². The van der Waals surface area contributed by atoms with Crippen LogP contribution in [0.3, 0.4) is 0 Å². The number of likely N-dealkylation sites (tertiary alicyclic amines) is 1. The molecule has 2 N–H and O–H groups in total. The van der Waals surface area contributed by atoms with E-state index in [-0.39, 0.29) is 30.2 Å². The molecule has 1 aliphatic heterocycles. The molecule has 204 valence electrons. The maximum absolute atomic E-state index is 13.0. The molecule has 38 heavy (non-hydrogen) atoms. The summed E-state index contributed by atoms with van der Waals surface area (Å²) in [5, 5.41) is 7.58. The molecule has 0 aliphatic carbocycles. The standard InChI is InChI=1S/C30H39ClN4O3/c1-2-3-4-5-6-10-19-28(36)35-20-13-16-24(22-35)29(37)34-33-27(23-14-8-7-9-15-23)21-32-30(38)25-17-11-12-18-26(25)31/h7-9,11-12,14-15,17-18,24H,2-6,10,13,16,19-22H2,1H3,(H,32,38)(H,34,37)/b33-27-. The van der Waals surface area contributed by atoms with E-state index in [9.17, 15) is 14.4 Å². The third kappa shape index (κ3) is 9.28. The summed E-state index contributed by atoms with van der Waals surface area (Å²) in [4.78, 5) is 40.2. The van der Waals surface area contributed by atoms with E-state index in [1.165, 1.54) is 25.7 Å². The molecule has 0 spiro atoms. The minimum atomic E-state index is -0.322. The van der Waals surface area contributed by atoms with Gasteiger partial charge in [-0.05, 0) is 37.0 Å². The smallest absolute Gasteiger partial charge is 0.253 e. The fourth-order valence-electron chi connectivity index (χ4n) is 4.59. The summed E-state index contributed by atoms with van der Waals surface area (Å²) in [5.74, 6) is -0.713. The Hall–Kier alpha value is -3.19. The molecular formula is C30H39ClN4O3. The highest BCUT2D eigenvalue weighted by molar-refractivity contribution is 6.33. The monoisotopic (exact) mass is 538 g/mol. The van der Waals surface area contributed by atoms with Gasteiger partial charge < -0.3 is 10.2 Å². The number of hydrogen-bond donors (Lipinski definition) is 2. The van der Waals surface area contributed by atoms with E-state index in [2.05, 4.69) is 22.8 Å². The largest absolute Gasteiger partial charge is 0.346 e. The molecule has 0 radical (unpaired) electrons. The summed E-state index contributed by atoms with van der Waals surface area (Å²) >= 11 is 6.15. The van der Waals surface area contributed by atoms with Crippen LogP contribution in [0.2, 0.25) is 5.02 Å². The molecule has 1 atom stereocenters. The average molecular weight is 539 g/mol. The van der Waals surface area contributed by atoms with E-state index in [0.717, 1.165) is 24.8 Å². The number of amides is 3. The Morgan fingerprint density at radius 2 is 1.68 bits per heavy atom. The highest BCUT2D eigenvalue weighted by Crippen LogP contribution is 2.19.